The van der Waals surface area contributed by atoms with Crippen LogP contribution in [-0.4, -0.2) is 36.1 Å². The first-order valence-electron chi connectivity index (χ1n) is 6.78. The molecule has 1 aliphatic rings. The fourth-order valence-electron chi connectivity index (χ4n) is 2.30. The molecule has 0 spiro atoms. The molecule has 0 aliphatic carbocycles. The minimum Gasteiger partial charge on any atom is -0.337 e. The van der Waals surface area contributed by atoms with Gasteiger partial charge in [0.2, 0.25) is 5.91 Å². The Balaban J connectivity index is 1.89. The van der Waals surface area contributed by atoms with Crippen molar-refractivity contribution in [3.8, 4) is 0 Å². The molecule has 1 aromatic carbocycles. The van der Waals surface area contributed by atoms with Gasteiger partial charge in [-0.3, -0.25) is 4.79 Å². The maximum Gasteiger partial charge on any atom is 0.240 e. The lowest BCUT2D eigenvalue weighted by atomic mass is 10.1. The van der Waals surface area contributed by atoms with Crippen molar-refractivity contribution in [2.75, 3.05) is 13.1 Å². The largest absolute Gasteiger partial charge is 0.337 e. The molecule has 1 N–H and O–H groups in total. The Kier molecular flexibility index (Phi) is 4.53. The van der Waals surface area contributed by atoms with Crippen molar-refractivity contribution >= 4 is 5.91 Å². The van der Waals surface area contributed by atoms with E-state index in [1.54, 1.807) is 0 Å². The summed E-state index contributed by atoms with van der Waals surface area (Å²) in [5, 5.41) is 2.99. The average molecular weight is 264 g/mol. The third kappa shape index (κ3) is 3.77. The predicted molar refractivity (Wildman–Crippen MR) is 73.6 cm³/mol. The van der Waals surface area contributed by atoms with Crippen molar-refractivity contribution in [2.45, 2.75) is 39.0 Å². The summed E-state index contributed by atoms with van der Waals surface area (Å²) in [6, 6.07) is 7.98. The second-order valence-corrected chi connectivity index (χ2v) is 5.28. The lowest BCUT2D eigenvalue weighted by molar-refractivity contribution is -0.129. The Bertz CT molecular complexity index is 430. The number of carbonyl (C=O) groups excluding carboxylic acids is 1. The van der Waals surface area contributed by atoms with E-state index >= 15 is 0 Å². The molecule has 0 radical (unpaired) electrons. The van der Waals surface area contributed by atoms with Gasteiger partial charge in [-0.15, -0.1) is 0 Å². The van der Waals surface area contributed by atoms with Crippen LogP contribution < -0.4 is 5.32 Å². The van der Waals surface area contributed by atoms with Crippen LogP contribution >= 0.6 is 0 Å². The fourth-order valence-corrected chi connectivity index (χ4v) is 2.30. The summed E-state index contributed by atoms with van der Waals surface area (Å²) in [6.07, 6.45) is -0.156. The number of hydrogen-bond acceptors (Lipinski definition) is 2. The smallest absolute Gasteiger partial charge is 0.240 e. The number of nitrogens with zero attached hydrogens (tertiary/aromatic N) is 1. The third-order valence-corrected chi connectivity index (χ3v) is 3.44. The molecule has 0 saturated carbocycles. The van der Waals surface area contributed by atoms with Crippen LogP contribution in [0, 0.1) is 6.92 Å². The van der Waals surface area contributed by atoms with Crippen molar-refractivity contribution in [3.63, 3.8) is 0 Å². The molecule has 2 atom stereocenters. The van der Waals surface area contributed by atoms with E-state index in [1.165, 1.54) is 12.5 Å². The summed E-state index contributed by atoms with van der Waals surface area (Å²) in [4.78, 5) is 14.0. The van der Waals surface area contributed by atoms with Gasteiger partial charge in [0.25, 0.3) is 0 Å². The van der Waals surface area contributed by atoms with Gasteiger partial charge in [-0.25, -0.2) is 4.39 Å². The molecule has 3 nitrogen and oxygen atoms in total. The van der Waals surface area contributed by atoms with Crippen molar-refractivity contribution in [1.29, 1.82) is 0 Å². The van der Waals surface area contributed by atoms with E-state index in [4.69, 9.17) is 0 Å². The van der Waals surface area contributed by atoms with Crippen LogP contribution in [0.5, 0.6) is 0 Å². The van der Waals surface area contributed by atoms with E-state index in [1.807, 2.05) is 24.0 Å². The van der Waals surface area contributed by atoms with Crippen LogP contribution in [0.25, 0.3) is 0 Å². The number of nitrogens with one attached hydrogen (secondary N) is 1. The number of hydrogen-bond donors (Lipinski definition) is 1. The summed E-state index contributed by atoms with van der Waals surface area (Å²) in [5.74, 6) is 0.0845. The minimum atomic E-state index is -0.918. The number of benzene rings is 1. The predicted octanol–water partition coefficient (Wildman–Crippen LogP) is 2.04. The van der Waals surface area contributed by atoms with E-state index in [0.717, 1.165) is 18.5 Å². The number of alkyl halides is 1. The number of likely N-dealkylation sites (tertiary alicyclic amines) is 1. The van der Waals surface area contributed by atoms with Crippen LogP contribution in [-0.2, 0) is 11.3 Å². The first kappa shape index (κ1) is 14.0. The van der Waals surface area contributed by atoms with Gasteiger partial charge in [0.15, 0.2) is 0 Å². The molecule has 1 heterocycles. The molecule has 0 unspecified atom stereocenters. The quantitative estimate of drug-likeness (QED) is 0.882. The van der Waals surface area contributed by atoms with Gasteiger partial charge in [0.1, 0.15) is 6.17 Å². The molecule has 2 rings (SSSR count). The molecule has 1 amide bonds. The minimum absolute atomic E-state index is 0.0845. The van der Waals surface area contributed by atoms with Crippen LogP contribution in [0.4, 0.5) is 4.39 Å². The Hall–Kier alpha value is -1.42. The molecule has 1 fully saturated rings. The maximum absolute atomic E-state index is 12.8. The molecule has 1 aliphatic heterocycles. The van der Waals surface area contributed by atoms with Crippen LogP contribution in [0.1, 0.15) is 24.5 Å². The summed E-state index contributed by atoms with van der Waals surface area (Å²) < 4.78 is 12.8. The lowest BCUT2D eigenvalue weighted by Crippen LogP contribution is -2.40. The van der Waals surface area contributed by atoms with Crippen LogP contribution in [0.15, 0.2) is 24.3 Å². The SMILES string of the molecule is Cc1ccc(CN2CC[C@@H](NC[C@H](C)F)C2=O)cc1. The van der Waals surface area contributed by atoms with Crippen LogP contribution in [0.2, 0.25) is 0 Å². The van der Waals surface area contributed by atoms with Crippen LogP contribution in [0.3, 0.4) is 0 Å². The van der Waals surface area contributed by atoms with Crippen molar-refractivity contribution < 1.29 is 9.18 Å². The average Bonchev–Trinajstić information content (AvgIpc) is 2.71. The molecule has 1 aromatic rings. The van der Waals surface area contributed by atoms with Gasteiger partial charge in [0, 0.05) is 19.6 Å². The molecule has 1 saturated heterocycles. The highest BCUT2D eigenvalue weighted by molar-refractivity contribution is 5.83. The third-order valence-electron chi connectivity index (χ3n) is 3.44. The molecule has 19 heavy (non-hydrogen) atoms. The summed E-state index contributed by atoms with van der Waals surface area (Å²) >= 11 is 0. The van der Waals surface area contributed by atoms with Gasteiger partial charge in [-0.2, -0.15) is 0 Å². The number of rotatable bonds is 5. The summed E-state index contributed by atoms with van der Waals surface area (Å²) in [5.41, 5.74) is 2.35. The zero-order valence-corrected chi connectivity index (χ0v) is 11.5. The highest BCUT2D eigenvalue weighted by atomic mass is 19.1. The lowest BCUT2D eigenvalue weighted by Gasteiger charge is -2.17. The molecular weight excluding hydrogens is 243 g/mol. The molecule has 4 heteroatoms. The summed E-state index contributed by atoms with van der Waals surface area (Å²) in [7, 11) is 0. The highest BCUT2D eigenvalue weighted by Gasteiger charge is 2.31. The molecular formula is C15H21FN2O. The molecule has 0 bridgehead atoms. The van der Waals surface area contributed by atoms with E-state index in [-0.39, 0.29) is 18.5 Å². The zero-order valence-electron chi connectivity index (χ0n) is 11.5. The van der Waals surface area contributed by atoms with Crippen molar-refractivity contribution in [2.24, 2.45) is 0 Å². The first-order valence-corrected chi connectivity index (χ1v) is 6.78. The van der Waals surface area contributed by atoms with Crippen molar-refractivity contribution in [3.05, 3.63) is 35.4 Å². The normalized spacial score (nSPS) is 20.9. The second kappa shape index (κ2) is 6.15. The van der Waals surface area contributed by atoms with Crippen molar-refractivity contribution in [1.82, 2.24) is 10.2 Å². The highest BCUT2D eigenvalue weighted by Crippen LogP contribution is 2.15. The number of amides is 1. The fraction of sp³-hybridized carbons (Fsp3) is 0.533. The van der Waals surface area contributed by atoms with Gasteiger partial charge in [0.05, 0.1) is 6.04 Å². The second-order valence-electron chi connectivity index (χ2n) is 5.28. The van der Waals surface area contributed by atoms with E-state index in [9.17, 15) is 9.18 Å². The zero-order chi connectivity index (χ0) is 13.8. The standard InChI is InChI=1S/C15H21FN2O/c1-11-3-5-13(6-4-11)10-18-8-7-14(15(18)19)17-9-12(2)16/h3-6,12,14,17H,7-10H2,1-2H3/t12-,14+/m0/s1. The van der Waals surface area contributed by atoms with Gasteiger partial charge >= 0.3 is 0 Å². The van der Waals surface area contributed by atoms with E-state index < -0.39 is 6.17 Å². The van der Waals surface area contributed by atoms with Gasteiger partial charge in [-0.05, 0) is 25.8 Å². The van der Waals surface area contributed by atoms with E-state index in [0.29, 0.717) is 6.54 Å². The number of carbonyl (C=O) groups is 1. The Morgan fingerprint density at radius 2 is 2.11 bits per heavy atom. The van der Waals surface area contributed by atoms with E-state index in [2.05, 4.69) is 17.4 Å². The Morgan fingerprint density at radius 3 is 2.74 bits per heavy atom. The number of aryl methyl sites for hydroxylation is 1. The van der Waals surface area contributed by atoms with Gasteiger partial charge in [-0.1, -0.05) is 29.8 Å². The Labute approximate surface area is 113 Å². The molecule has 0 aromatic heterocycles. The summed E-state index contributed by atoms with van der Waals surface area (Å²) in [6.45, 7) is 5.17. The topological polar surface area (TPSA) is 32.3 Å². The maximum atomic E-state index is 12.8. The Morgan fingerprint density at radius 1 is 1.42 bits per heavy atom. The monoisotopic (exact) mass is 264 g/mol. The first-order chi connectivity index (χ1) is 9.06. The molecule has 104 valence electrons. The number of halogens is 1. The van der Waals surface area contributed by atoms with Gasteiger partial charge < -0.3 is 10.2 Å².